The Kier molecular flexibility index (Phi) is 2.60. The Balaban J connectivity index is 2.45. The van der Waals surface area contributed by atoms with Gasteiger partial charge in [-0.3, -0.25) is 4.68 Å². The average molecular weight is 224 g/mol. The molecule has 0 saturated heterocycles. The first-order valence-electron chi connectivity index (χ1n) is 4.39. The number of halogens is 1. The van der Waals surface area contributed by atoms with Crippen molar-refractivity contribution in [1.82, 2.24) is 14.8 Å². The molecule has 0 amide bonds. The smallest absolute Gasteiger partial charge is 0.214 e. The van der Waals surface area contributed by atoms with Crippen LogP contribution in [0.15, 0.2) is 24.7 Å². The highest BCUT2D eigenvalue weighted by molar-refractivity contribution is 6.33. The Labute approximate surface area is 92.5 Å². The molecular weight excluding hydrogens is 214 g/mol. The number of hydrogen-bond acceptors (Lipinski definition) is 3. The summed E-state index contributed by atoms with van der Waals surface area (Å²) in [6.45, 7) is 0. The first kappa shape index (κ1) is 9.98. The minimum Gasteiger partial charge on any atom is -0.481 e. The van der Waals surface area contributed by atoms with Crippen molar-refractivity contribution < 1.29 is 4.74 Å². The van der Waals surface area contributed by atoms with Crippen molar-refractivity contribution in [1.29, 1.82) is 0 Å². The maximum atomic E-state index is 6.09. The molecule has 0 aliphatic heterocycles. The summed E-state index contributed by atoms with van der Waals surface area (Å²) >= 11 is 6.09. The number of hydrogen-bond donors (Lipinski definition) is 0. The topological polar surface area (TPSA) is 39.9 Å². The number of nitrogens with zero attached hydrogens (tertiary/aromatic N) is 3. The fourth-order valence-corrected chi connectivity index (χ4v) is 1.55. The average Bonchev–Trinajstić information content (AvgIpc) is 2.64. The van der Waals surface area contributed by atoms with Gasteiger partial charge in [0.2, 0.25) is 5.88 Å². The number of aromatic nitrogens is 3. The largest absolute Gasteiger partial charge is 0.481 e. The number of rotatable bonds is 2. The molecule has 0 unspecified atom stereocenters. The minimum absolute atomic E-state index is 0.507. The van der Waals surface area contributed by atoms with E-state index >= 15 is 0 Å². The van der Waals surface area contributed by atoms with E-state index in [4.69, 9.17) is 16.3 Å². The number of ether oxygens (including phenoxy) is 1. The molecule has 2 rings (SSSR count). The van der Waals surface area contributed by atoms with Crippen molar-refractivity contribution >= 4 is 11.6 Å². The van der Waals surface area contributed by atoms with Gasteiger partial charge in [0.25, 0.3) is 0 Å². The zero-order valence-electron chi connectivity index (χ0n) is 8.44. The predicted octanol–water partition coefficient (Wildman–Crippen LogP) is 2.14. The third-order valence-corrected chi connectivity index (χ3v) is 2.37. The van der Waals surface area contributed by atoms with E-state index < -0.39 is 0 Å². The van der Waals surface area contributed by atoms with E-state index in [0.29, 0.717) is 10.9 Å². The zero-order chi connectivity index (χ0) is 10.8. The quantitative estimate of drug-likeness (QED) is 0.783. The van der Waals surface area contributed by atoms with Crippen LogP contribution < -0.4 is 4.74 Å². The van der Waals surface area contributed by atoms with Gasteiger partial charge in [0.15, 0.2) is 0 Å². The fourth-order valence-electron chi connectivity index (χ4n) is 1.30. The molecule has 15 heavy (non-hydrogen) atoms. The van der Waals surface area contributed by atoms with Crippen molar-refractivity contribution in [3.8, 4) is 17.0 Å². The van der Waals surface area contributed by atoms with E-state index in [2.05, 4.69) is 10.1 Å². The van der Waals surface area contributed by atoms with Crippen LogP contribution in [-0.4, -0.2) is 21.9 Å². The van der Waals surface area contributed by atoms with Gasteiger partial charge in [-0.1, -0.05) is 11.6 Å². The number of methoxy groups -OCH3 is 1. The Morgan fingerprint density at radius 1 is 1.40 bits per heavy atom. The molecule has 2 heterocycles. The van der Waals surface area contributed by atoms with Crippen LogP contribution in [0.25, 0.3) is 11.1 Å². The second-order valence-electron chi connectivity index (χ2n) is 3.11. The molecule has 2 aromatic heterocycles. The lowest BCUT2D eigenvalue weighted by molar-refractivity contribution is 0.398. The van der Waals surface area contributed by atoms with Crippen molar-refractivity contribution in [2.45, 2.75) is 0 Å². The molecule has 0 spiro atoms. The minimum atomic E-state index is 0.507. The van der Waals surface area contributed by atoms with E-state index in [1.165, 1.54) is 0 Å². The van der Waals surface area contributed by atoms with Gasteiger partial charge >= 0.3 is 0 Å². The van der Waals surface area contributed by atoms with Gasteiger partial charge in [-0.15, -0.1) is 0 Å². The standard InChI is InChI=1S/C10H10ClN3O/c1-14-6-7(4-13-14)8-5-12-10(15-2)3-9(8)11/h3-6H,1-2H3. The molecule has 0 saturated carbocycles. The normalized spacial score (nSPS) is 10.3. The Bertz CT molecular complexity index is 481. The van der Waals surface area contributed by atoms with Crippen molar-refractivity contribution in [3.63, 3.8) is 0 Å². The molecule has 0 fully saturated rings. The Morgan fingerprint density at radius 2 is 2.20 bits per heavy atom. The second-order valence-corrected chi connectivity index (χ2v) is 3.52. The van der Waals surface area contributed by atoms with Gasteiger partial charge in [0.05, 0.1) is 18.3 Å². The van der Waals surface area contributed by atoms with Gasteiger partial charge in [-0.25, -0.2) is 4.98 Å². The van der Waals surface area contributed by atoms with Gasteiger partial charge in [0.1, 0.15) is 0 Å². The molecule has 0 aliphatic carbocycles. The maximum absolute atomic E-state index is 6.09. The van der Waals surface area contributed by atoms with Crippen molar-refractivity contribution in [3.05, 3.63) is 29.7 Å². The van der Waals surface area contributed by atoms with E-state index in [0.717, 1.165) is 11.1 Å². The molecule has 0 aromatic carbocycles. The van der Waals surface area contributed by atoms with Crippen LogP contribution in [0.2, 0.25) is 5.02 Å². The number of pyridine rings is 1. The summed E-state index contributed by atoms with van der Waals surface area (Å²) in [6.07, 6.45) is 5.31. The molecule has 0 bridgehead atoms. The molecule has 5 heteroatoms. The highest BCUT2D eigenvalue weighted by Gasteiger charge is 2.07. The molecule has 0 radical (unpaired) electrons. The van der Waals surface area contributed by atoms with Gasteiger partial charge in [-0.2, -0.15) is 5.10 Å². The molecule has 4 nitrogen and oxygen atoms in total. The lowest BCUT2D eigenvalue weighted by Gasteiger charge is -2.03. The first-order chi connectivity index (χ1) is 7.20. The molecule has 0 aliphatic rings. The van der Waals surface area contributed by atoms with Crippen molar-refractivity contribution in [2.24, 2.45) is 7.05 Å². The predicted molar refractivity (Wildman–Crippen MR) is 58.0 cm³/mol. The third kappa shape index (κ3) is 1.94. The van der Waals surface area contributed by atoms with E-state index in [-0.39, 0.29) is 0 Å². The summed E-state index contributed by atoms with van der Waals surface area (Å²) < 4.78 is 6.69. The van der Waals surface area contributed by atoms with E-state index in [1.54, 1.807) is 30.3 Å². The summed E-state index contributed by atoms with van der Waals surface area (Å²) in [7, 11) is 3.41. The fraction of sp³-hybridized carbons (Fsp3) is 0.200. The zero-order valence-corrected chi connectivity index (χ0v) is 9.19. The first-order valence-corrected chi connectivity index (χ1v) is 4.77. The SMILES string of the molecule is COc1cc(Cl)c(-c2cnn(C)c2)cn1. The number of aryl methyl sites for hydroxylation is 1. The van der Waals surface area contributed by atoms with Crippen LogP contribution in [0.3, 0.4) is 0 Å². The van der Waals surface area contributed by atoms with Gasteiger partial charge in [-0.05, 0) is 0 Å². The Hall–Kier alpha value is -1.55. The molecule has 78 valence electrons. The lowest BCUT2D eigenvalue weighted by atomic mass is 10.2. The molecule has 2 aromatic rings. The van der Waals surface area contributed by atoms with E-state index in [9.17, 15) is 0 Å². The van der Waals surface area contributed by atoms with Crippen molar-refractivity contribution in [2.75, 3.05) is 7.11 Å². The highest BCUT2D eigenvalue weighted by Crippen LogP contribution is 2.28. The van der Waals surface area contributed by atoms with Crippen LogP contribution in [-0.2, 0) is 7.05 Å². The summed E-state index contributed by atoms with van der Waals surface area (Å²) in [6, 6.07) is 1.68. The van der Waals surface area contributed by atoms with Gasteiger partial charge < -0.3 is 4.74 Å². The summed E-state index contributed by atoms with van der Waals surface area (Å²) in [4.78, 5) is 4.10. The third-order valence-electron chi connectivity index (χ3n) is 2.05. The molecule has 0 N–H and O–H groups in total. The molecule has 0 atom stereocenters. The van der Waals surface area contributed by atoms with Crippen LogP contribution in [0.5, 0.6) is 5.88 Å². The summed E-state index contributed by atoms with van der Waals surface area (Å²) in [5, 5.41) is 4.68. The maximum Gasteiger partial charge on any atom is 0.214 e. The second kappa shape index (κ2) is 3.90. The van der Waals surface area contributed by atoms with Crippen LogP contribution in [0.1, 0.15) is 0 Å². The van der Waals surface area contributed by atoms with Crippen LogP contribution >= 0.6 is 11.6 Å². The monoisotopic (exact) mass is 223 g/mol. The van der Waals surface area contributed by atoms with Crippen LogP contribution in [0, 0.1) is 0 Å². The molecular formula is C10H10ClN3O. The summed E-state index contributed by atoms with van der Waals surface area (Å²) in [5.74, 6) is 0.507. The summed E-state index contributed by atoms with van der Waals surface area (Å²) in [5.41, 5.74) is 1.79. The van der Waals surface area contributed by atoms with E-state index in [1.807, 2.05) is 13.2 Å². The highest BCUT2D eigenvalue weighted by atomic mass is 35.5. The Morgan fingerprint density at radius 3 is 2.73 bits per heavy atom. The van der Waals surface area contributed by atoms with Gasteiger partial charge in [0, 0.05) is 36.6 Å². The lowest BCUT2D eigenvalue weighted by Crippen LogP contribution is -1.88. The van der Waals surface area contributed by atoms with Crippen LogP contribution in [0.4, 0.5) is 0 Å².